The van der Waals surface area contributed by atoms with Gasteiger partial charge in [0.15, 0.2) is 0 Å². The molecule has 0 unspecified atom stereocenters. The first-order chi connectivity index (χ1) is 14.0. The summed E-state index contributed by atoms with van der Waals surface area (Å²) in [6.45, 7) is 3.68. The second kappa shape index (κ2) is 10.0. The van der Waals surface area contributed by atoms with Gasteiger partial charge in [0, 0.05) is 26.2 Å². The highest BCUT2D eigenvalue weighted by atomic mass is 19.1. The number of halogens is 1. The Bertz CT molecular complexity index is 823. The lowest BCUT2D eigenvalue weighted by atomic mass is 10.1. The summed E-state index contributed by atoms with van der Waals surface area (Å²) in [5.41, 5.74) is 1.56. The van der Waals surface area contributed by atoms with Crippen LogP contribution in [0.25, 0.3) is 0 Å². The SMILES string of the molecule is C[C@@H](NC(=O)COCC(=O)N1CCN(c2ccccc2F)CC1)c1ccccc1. The standard InChI is InChI=1S/C22H26FN3O3/c1-17(18-7-3-2-4-8-18)24-21(27)15-29-16-22(28)26-13-11-25(12-14-26)20-10-6-5-9-19(20)23/h2-10,17H,11-16H2,1H3,(H,24,27)/t17-/m1/s1. The Hall–Kier alpha value is -2.93. The van der Waals surface area contributed by atoms with E-state index in [-0.39, 0.29) is 36.9 Å². The van der Waals surface area contributed by atoms with Gasteiger partial charge in [-0.3, -0.25) is 9.59 Å². The number of rotatable bonds is 7. The molecule has 1 heterocycles. The Kier molecular flexibility index (Phi) is 7.19. The number of ether oxygens (including phenoxy) is 1. The monoisotopic (exact) mass is 399 g/mol. The molecular formula is C22H26FN3O3. The number of carbonyl (C=O) groups is 2. The summed E-state index contributed by atoms with van der Waals surface area (Å²) in [4.78, 5) is 27.9. The number of amides is 2. The van der Waals surface area contributed by atoms with Gasteiger partial charge in [0.25, 0.3) is 0 Å². The molecule has 0 spiro atoms. The summed E-state index contributed by atoms with van der Waals surface area (Å²) in [5, 5.41) is 2.85. The van der Waals surface area contributed by atoms with E-state index in [0.717, 1.165) is 5.56 Å². The molecule has 0 aromatic heterocycles. The summed E-state index contributed by atoms with van der Waals surface area (Å²) in [6.07, 6.45) is 0. The van der Waals surface area contributed by atoms with Gasteiger partial charge in [-0.1, -0.05) is 42.5 Å². The average Bonchev–Trinajstić information content (AvgIpc) is 2.75. The van der Waals surface area contributed by atoms with Gasteiger partial charge < -0.3 is 19.9 Å². The van der Waals surface area contributed by atoms with Crippen LogP contribution in [-0.2, 0) is 14.3 Å². The van der Waals surface area contributed by atoms with Crippen molar-refractivity contribution in [2.24, 2.45) is 0 Å². The number of nitrogens with zero attached hydrogens (tertiary/aromatic N) is 2. The van der Waals surface area contributed by atoms with Crippen LogP contribution in [0.1, 0.15) is 18.5 Å². The maximum atomic E-state index is 13.9. The van der Waals surface area contributed by atoms with Gasteiger partial charge in [-0.05, 0) is 24.6 Å². The fourth-order valence-corrected chi connectivity index (χ4v) is 3.34. The topological polar surface area (TPSA) is 61.9 Å². The maximum absolute atomic E-state index is 13.9. The molecular weight excluding hydrogens is 373 g/mol. The molecule has 0 bridgehead atoms. The fourth-order valence-electron chi connectivity index (χ4n) is 3.34. The molecule has 1 saturated heterocycles. The van der Waals surface area contributed by atoms with E-state index in [2.05, 4.69) is 5.32 Å². The molecule has 1 aliphatic heterocycles. The normalized spacial score (nSPS) is 15.1. The lowest BCUT2D eigenvalue weighted by molar-refractivity contribution is -0.138. The molecule has 7 heteroatoms. The first-order valence-corrected chi connectivity index (χ1v) is 9.74. The molecule has 0 radical (unpaired) electrons. The Balaban J connectivity index is 1.37. The number of carbonyl (C=O) groups excluding carboxylic acids is 2. The Morgan fingerprint density at radius 3 is 2.34 bits per heavy atom. The third kappa shape index (κ3) is 5.77. The highest BCUT2D eigenvalue weighted by molar-refractivity contribution is 5.80. The summed E-state index contributed by atoms with van der Waals surface area (Å²) in [7, 11) is 0. The van der Waals surface area contributed by atoms with Gasteiger partial charge >= 0.3 is 0 Å². The van der Waals surface area contributed by atoms with E-state index in [4.69, 9.17) is 4.74 Å². The van der Waals surface area contributed by atoms with Crippen LogP contribution in [0.5, 0.6) is 0 Å². The first kappa shape index (κ1) is 20.8. The summed E-state index contributed by atoms with van der Waals surface area (Å²) < 4.78 is 19.2. The highest BCUT2D eigenvalue weighted by Gasteiger charge is 2.23. The van der Waals surface area contributed by atoms with Crippen LogP contribution in [0.4, 0.5) is 10.1 Å². The molecule has 2 aromatic carbocycles. The number of hydrogen-bond donors (Lipinski definition) is 1. The number of benzene rings is 2. The van der Waals surface area contributed by atoms with E-state index in [0.29, 0.717) is 31.9 Å². The van der Waals surface area contributed by atoms with Gasteiger partial charge in [0.2, 0.25) is 11.8 Å². The molecule has 6 nitrogen and oxygen atoms in total. The Morgan fingerprint density at radius 1 is 1.00 bits per heavy atom. The fraction of sp³-hybridized carbons (Fsp3) is 0.364. The van der Waals surface area contributed by atoms with E-state index >= 15 is 0 Å². The van der Waals surface area contributed by atoms with E-state index in [1.165, 1.54) is 6.07 Å². The minimum atomic E-state index is -0.265. The maximum Gasteiger partial charge on any atom is 0.248 e. The van der Waals surface area contributed by atoms with E-state index < -0.39 is 0 Å². The molecule has 1 aliphatic rings. The lowest BCUT2D eigenvalue weighted by Crippen LogP contribution is -2.50. The zero-order valence-corrected chi connectivity index (χ0v) is 16.5. The van der Waals surface area contributed by atoms with Crippen molar-refractivity contribution >= 4 is 17.5 Å². The number of anilines is 1. The first-order valence-electron chi connectivity index (χ1n) is 9.74. The van der Waals surface area contributed by atoms with Gasteiger partial charge in [0.1, 0.15) is 19.0 Å². The summed E-state index contributed by atoms with van der Waals surface area (Å²) in [5.74, 6) is -0.688. The van der Waals surface area contributed by atoms with Gasteiger partial charge in [-0.15, -0.1) is 0 Å². The van der Waals surface area contributed by atoms with Crippen LogP contribution < -0.4 is 10.2 Å². The number of piperazine rings is 1. The van der Waals surface area contributed by atoms with Gasteiger partial charge in [-0.2, -0.15) is 0 Å². The average molecular weight is 399 g/mol. The van der Waals surface area contributed by atoms with Crippen molar-refractivity contribution in [3.05, 3.63) is 66.0 Å². The number of para-hydroxylation sites is 1. The zero-order chi connectivity index (χ0) is 20.6. The molecule has 1 atom stereocenters. The molecule has 154 valence electrons. The van der Waals surface area contributed by atoms with Crippen LogP contribution >= 0.6 is 0 Å². The quantitative estimate of drug-likeness (QED) is 0.777. The molecule has 3 rings (SSSR count). The molecule has 1 fully saturated rings. The smallest absolute Gasteiger partial charge is 0.248 e. The minimum Gasteiger partial charge on any atom is -0.366 e. The van der Waals surface area contributed by atoms with E-state index in [9.17, 15) is 14.0 Å². The van der Waals surface area contributed by atoms with Gasteiger partial charge in [-0.25, -0.2) is 4.39 Å². The van der Waals surface area contributed by atoms with E-state index in [1.807, 2.05) is 42.2 Å². The van der Waals surface area contributed by atoms with Crippen molar-refractivity contribution in [3.63, 3.8) is 0 Å². The third-order valence-electron chi connectivity index (χ3n) is 4.96. The second-order valence-electron chi connectivity index (χ2n) is 7.01. The van der Waals surface area contributed by atoms with Crippen molar-refractivity contribution in [1.29, 1.82) is 0 Å². The molecule has 1 N–H and O–H groups in total. The third-order valence-corrected chi connectivity index (χ3v) is 4.96. The second-order valence-corrected chi connectivity index (χ2v) is 7.01. The molecule has 2 aromatic rings. The predicted octanol–water partition coefficient (Wildman–Crippen LogP) is 2.37. The van der Waals surface area contributed by atoms with Crippen molar-refractivity contribution in [1.82, 2.24) is 10.2 Å². The summed E-state index contributed by atoms with van der Waals surface area (Å²) >= 11 is 0. The predicted molar refractivity (Wildman–Crippen MR) is 109 cm³/mol. The Labute approximate surface area is 170 Å². The lowest BCUT2D eigenvalue weighted by Gasteiger charge is -2.36. The van der Waals surface area contributed by atoms with Crippen molar-refractivity contribution < 1.29 is 18.7 Å². The largest absolute Gasteiger partial charge is 0.366 e. The summed E-state index contributed by atoms with van der Waals surface area (Å²) in [6, 6.07) is 16.1. The van der Waals surface area contributed by atoms with Crippen molar-refractivity contribution in [2.75, 3.05) is 44.3 Å². The van der Waals surface area contributed by atoms with Gasteiger partial charge in [0.05, 0.1) is 11.7 Å². The van der Waals surface area contributed by atoms with Crippen molar-refractivity contribution in [3.8, 4) is 0 Å². The van der Waals surface area contributed by atoms with Crippen LogP contribution in [0.3, 0.4) is 0 Å². The molecule has 29 heavy (non-hydrogen) atoms. The molecule has 0 saturated carbocycles. The zero-order valence-electron chi connectivity index (χ0n) is 16.5. The van der Waals surface area contributed by atoms with Crippen LogP contribution in [0.2, 0.25) is 0 Å². The van der Waals surface area contributed by atoms with Crippen LogP contribution in [0, 0.1) is 5.82 Å². The Morgan fingerprint density at radius 2 is 1.66 bits per heavy atom. The van der Waals surface area contributed by atoms with Crippen molar-refractivity contribution in [2.45, 2.75) is 13.0 Å². The minimum absolute atomic E-state index is 0.130. The number of nitrogens with one attached hydrogen (secondary N) is 1. The molecule has 2 amide bonds. The van der Waals surface area contributed by atoms with Crippen LogP contribution in [0.15, 0.2) is 54.6 Å². The highest BCUT2D eigenvalue weighted by Crippen LogP contribution is 2.20. The molecule has 0 aliphatic carbocycles. The van der Waals surface area contributed by atoms with Crippen LogP contribution in [-0.4, -0.2) is 56.1 Å². The van der Waals surface area contributed by atoms with E-state index in [1.54, 1.807) is 23.1 Å². The number of hydrogen-bond acceptors (Lipinski definition) is 4.